The second kappa shape index (κ2) is 7.82. The highest BCUT2D eigenvalue weighted by molar-refractivity contribution is 5.92. The van der Waals surface area contributed by atoms with Crippen LogP contribution < -0.4 is 26.4 Å². The number of nitrogens with two attached hydrogens (primary N) is 1. The maximum atomic E-state index is 12.0. The van der Waals surface area contributed by atoms with E-state index in [0.29, 0.717) is 17.3 Å². The monoisotopic (exact) mass is 380 g/mol. The van der Waals surface area contributed by atoms with Crippen molar-refractivity contribution in [2.45, 2.75) is 0 Å². The Morgan fingerprint density at radius 3 is 2.57 bits per heavy atom. The Bertz CT molecular complexity index is 924. The smallest absolute Gasteiger partial charge is 0.305 e. The Morgan fingerprint density at radius 1 is 1.04 bits per heavy atom. The summed E-state index contributed by atoms with van der Waals surface area (Å²) in [4.78, 5) is 29.1. The molecule has 0 atom stereocenters. The summed E-state index contributed by atoms with van der Waals surface area (Å²) in [5.74, 6) is 1.68. The van der Waals surface area contributed by atoms with Crippen molar-refractivity contribution in [1.82, 2.24) is 20.4 Å². The number of anilines is 4. The van der Waals surface area contributed by atoms with Crippen LogP contribution in [0.4, 0.5) is 23.1 Å². The van der Waals surface area contributed by atoms with Crippen LogP contribution in [0.15, 0.2) is 53.5 Å². The van der Waals surface area contributed by atoms with Crippen molar-refractivity contribution in [2.24, 2.45) is 0 Å². The lowest BCUT2D eigenvalue weighted by molar-refractivity contribution is 0.0935. The van der Waals surface area contributed by atoms with Crippen LogP contribution in [0.5, 0.6) is 0 Å². The van der Waals surface area contributed by atoms with E-state index >= 15 is 0 Å². The predicted molar refractivity (Wildman–Crippen MR) is 105 cm³/mol. The van der Waals surface area contributed by atoms with Gasteiger partial charge in [0, 0.05) is 32.4 Å². The average Bonchev–Trinajstić information content (AvgIpc) is 3.29. The quantitative estimate of drug-likeness (QED) is 0.558. The number of rotatable bonds is 5. The van der Waals surface area contributed by atoms with Crippen molar-refractivity contribution in [1.29, 1.82) is 0 Å². The minimum atomic E-state index is -0.423. The van der Waals surface area contributed by atoms with Gasteiger partial charge in [-0.05, 0) is 24.3 Å². The van der Waals surface area contributed by atoms with E-state index in [2.05, 4.69) is 35.6 Å². The summed E-state index contributed by atoms with van der Waals surface area (Å²) in [6.07, 6.45) is 4.63. The third-order valence-corrected chi connectivity index (χ3v) is 4.45. The topological polar surface area (TPSA) is 125 Å². The van der Waals surface area contributed by atoms with Crippen LogP contribution in [0, 0.1) is 0 Å². The molecule has 0 unspecified atom stereocenters. The van der Waals surface area contributed by atoms with Gasteiger partial charge in [-0.1, -0.05) is 6.07 Å². The number of hydrogen-bond donors (Lipinski definition) is 3. The molecular formula is C18H20N8O2. The van der Waals surface area contributed by atoms with Gasteiger partial charge in [-0.15, -0.1) is 0 Å². The molecule has 1 amide bonds. The maximum Gasteiger partial charge on any atom is 0.305 e. The van der Waals surface area contributed by atoms with Gasteiger partial charge >= 0.3 is 5.91 Å². The van der Waals surface area contributed by atoms with Gasteiger partial charge in [0.25, 0.3) is 0 Å². The summed E-state index contributed by atoms with van der Waals surface area (Å²) in [6, 6.07) is 9.08. The molecule has 4 heterocycles. The molecule has 10 nitrogen and oxygen atoms in total. The van der Waals surface area contributed by atoms with E-state index in [1.54, 1.807) is 18.3 Å². The first kappa shape index (κ1) is 17.6. The molecule has 4 rings (SSSR count). The molecule has 0 spiro atoms. The molecule has 0 aliphatic carbocycles. The van der Waals surface area contributed by atoms with E-state index in [0.717, 1.165) is 32.0 Å². The van der Waals surface area contributed by atoms with Gasteiger partial charge in [-0.2, -0.15) is 0 Å². The first-order valence-corrected chi connectivity index (χ1v) is 8.83. The van der Waals surface area contributed by atoms with Crippen molar-refractivity contribution in [3.8, 4) is 0 Å². The highest BCUT2D eigenvalue weighted by atomic mass is 16.3. The minimum absolute atomic E-state index is 0.186. The molecule has 4 N–H and O–H groups in total. The fourth-order valence-corrected chi connectivity index (χ4v) is 3.01. The lowest BCUT2D eigenvalue weighted by Gasteiger charge is -2.36. The van der Waals surface area contributed by atoms with Crippen molar-refractivity contribution >= 4 is 29.0 Å². The van der Waals surface area contributed by atoms with Crippen molar-refractivity contribution < 1.29 is 9.21 Å². The number of hydrazine groups is 1. The van der Waals surface area contributed by atoms with Crippen molar-refractivity contribution in [3.05, 3.63) is 54.9 Å². The highest BCUT2D eigenvalue weighted by Gasteiger charge is 2.22. The Labute approximate surface area is 161 Å². The summed E-state index contributed by atoms with van der Waals surface area (Å²) < 4.78 is 5.05. The van der Waals surface area contributed by atoms with Crippen LogP contribution >= 0.6 is 0 Å². The van der Waals surface area contributed by atoms with E-state index < -0.39 is 5.91 Å². The van der Waals surface area contributed by atoms with E-state index in [9.17, 15) is 4.79 Å². The number of furan rings is 1. The zero-order valence-corrected chi connectivity index (χ0v) is 15.1. The number of piperazine rings is 1. The van der Waals surface area contributed by atoms with Gasteiger partial charge in [0.2, 0.25) is 0 Å². The molecule has 1 aliphatic heterocycles. The van der Waals surface area contributed by atoms with Gasteiger partial charge in [-0.3, -0.25) is 15.6 Å². The second-order valence-electron chi connectivity index (χ2n) is 6.18. The highest BCUT2D eigenvalue weighted by Crippen LogP contribution is 2.27. The van der Waals surface area contributed by atoms with E-state index in [1.165, 1.54) is 12.6 Å². The van der Waals surface area contributed by atoms with E-state index in [-0.39, 0.29) is 5.76 Å². The molecule has 10 heteroatoms. The molecule has 144 valence electrons. The SMILES string of the molecule is Nc1c(NNC(=O)c2ccco2)ncnc1N1CCN(c2ccccn2)CC1. The van der Waals surface area contributed by atoms with Crippen LogP contribution in [0.1, 0.15) is 10.6 Å². The summed E-state index contributed by atoms with van der Waals surface area (Å²) in [5, 5.41) is 0. The normalized spacial score (nSPS) is 14.0. The number of carbonyl (C=O) groups is 1. The van der Waals surface area contributed by atoms with Crippen LogP contribution in [0.2, 0.25) is 0 Å². The number of nitrogens with one attached hydrogen (secondary N) is 2. The fraction of sp³-hybridized carbons (Fsp3) is 0.222. The Balaban J connectivity index is 1.40. The van der Waals surface area contributed by atoms with Crippen LogP contribution in [0.25, 0.3) is 0 Å². The molecule has 28 heavy (non-hydrogen) atoms. The number of carbonyl (C=O) groups excluding carboxylic acids is 1. The number of nitrogen functional groups attached to an aromatic ring is 1. The first-order valence-electron chi connectivity index (χ1n) is 8.83. The van der Waals surface area contributed by atoms with Gasteiger partial charge in [-0.25, -0.2) is 15.0 Å². The summed E-state index contributed by atoms with van der Waals surface area (Å²) in [5.41, 5.74) is 11.8. The Hall–Kier alpha value is -3.82. The number of nitrogens with zero attached hydrogens (tertiary/aromatic N) is 5. The largest absolute Gasteiger partial charge is 0.459 e. The number of amides is 1. The molecule has 3 aromatic heterocycles. The lowest BCUT2D eigenvalue weighted by atomic mass is 10.3. The predicted octanol–water partition coefficient (Wildman–Crippen LogP) is 1.13. The molecule has 1 fully saturated rings. The van der Waals surface area contributed by atoms with Crippen LogP contribution in [0.3, 0.4) is 0 Å². The molecule has 1 saturated heterocycles. The summed E-state index contributed by atoms with van der Waals surface area (Å²) in [6.45, 7) is 3.10. The number of aromatic nitrogens is 3. The van der Waals surface area contributed by atoms with Crippen molar-refractivity contribution in [2.75, 3.05) is 47.1 Å². The number of pyridine rings is 1. The average molecular weight is 380 g/mol. The fourth-order valence-electron chi connectivity index (χ4n) is 3.01. The summed E-state index contributed by atoms with van der Waals surface area (Å²) in [7, 11) is 0. The van der Waals surface area contributed by atoms with Gasteiger partial charge in [0.1, 0.15) is 17.8 Å². The van der Waals surface area contributed by atoms with E-state index in [4.69, 9.17) is 10.2 Å². The molecule has 0 aromatic carbocycles. The third-order valence-electron chi connectivity index (χ3n) is 4.45. The molecule has 0 saturated carbocycles. The van der Waals surface area contributed by atoms with Gasteiger partial charge < -0.3 is 20.0 Å². The molecule has 0 radical (unpaired) electrons. The van der Waals surface area contributed by atoms with Crippen LogP contribution in [-0.4, -0.2) is 47.0 Å². The molecule has 3 aromatic rings. The molecular weight excluding hydrogens is 360 g/mol. The van der Waals surface area contributed by atoms with Crippen molar-refractivity contribution in [3.63, 3.8) is 0 Å². The lowest BCUT2D eigenvalue weighted by Crippen LogP contribution is -2.47. The van der Waals surface area contributed by atoms with Crippen LogP contribution in [-0.2, 0) is 0 Å². The second-order valence-corrected chi connectivity index (χ2v) is 6.18. The van der Waals surface area contributed by atoms with E-state index in [1.807, 2.05) is 18.2 Å². The molecule has 0 bridgehead atoms. The van der Waals surface area contributed by atoms with Gasteiger partial charge in [0.15, 0.2) is 17.4 Å². The molecule has 1 aliphatic rings. The Morgan fingerprint density at radius 2 is 1.86 bits per heavy atom. The third kappa shape index (κ3) is 3.65. The summed E-state index contributed by atoms with van der Waals surface area (Å²) >= 11 is 0. The standard InChI is InChI=1S/C18H20N8O2/c19-15-16(23-24-18(27)13-4-3-11-28-13)21-12-22-17(15)26-9-7-25(8-10-26)14-5-1-2-6-20-14/h1-6,11-12H,7-10,19H2,(H,24,27)(H,21,22,23). The zero-order chi connectivity index (χ0) is 19.3. The Kier molecular flexibility index (Phi) is 4.91. The number of hydrogen-bond acceptors (Lipinski definition) is 9. The maximum absolute atomic E-state index is 12.0. The zero-order valence-electron chi connectivity index (χ0n) is 15.1. The minimum Gasteiger partial charge on any atom is -0.459 e. The first-order chi connectivity index (χ1) is 13.7. The van der Waals surface area contributed by atoms with Gasteiger partial charge in [0.05, 0.1) is 6.26 Å².